The number of rotatable bonds is 12. The van der Waals surface area contributed by atoms with Gasteiger partial charge < -0.3 is 30.6 Å². The maximum atomic E-state index is 11.6. The highest BCUT2D eigenvalue weighted by Crippen LogP contribution is 2.18. The molecule has 8 heteroatoms. The van der Waals surface area contributed by atoms with Crippen molar-refractivity contribution in [2.75, 3.05) is 38.2 Å². The molecule has 1 aliphatic heterocycles. The molecule has 0 bridgehead atoms. The number of nitrogens with one attached hydrogen (secondary N) is 2. The van der Waals surface area contributed by atoms with Crippen molar-refractivity contribution in [2.45, 2.75) is 59.2 Å². The minimum absolute atomic E-state index is 0.121. The van der Waals surface area contributed by atoms with Gasteiger partial charge >= 0.3 is 0 Å². The lowest BCUT2D eigenvalue weighted by molar-refractivity contribution is -0.125. The Balaban J connectivity index is 1.87. The largest absolute Gasteiger partial charge is 0.491 e. The van der Waals surface area contributed by atoms with Gasteiger partial charge in [-0.3, -0.25) is 9.79 Å². The first kappa shape index (κ1) is 24.9. The van der Waals surface area contributed by atoms with Gasteiger partial charge in [-0.25, -0.2) is 0 Å². The Morgan fingerprint density at radius 2 is 2.06 bits per heavy atom. The predicted octanol–water partition coefficient (Wildman–Crippen LogP) is 2.93. The molecule has 0 spiro atoms. The fourth-order valence-electron chi connectivity index (χ4n) is 2.89. The molecule has 1 aliphatic rings. The minimum atomic E-state index is -0.728. The Labute approximate surface area is 185 Å². The molecular formula is C23H38N4O4. The molecule has 1 amide bonds. The first-order valence-electron chi connectivity index (χ1n) is 11.1. The molecule has 31 heavy (non-hydrogen) atoms. The molecule has 1 unspecified atom stereocenters. The molecule has 0 aromatic heterocycles. The molecule has 0 aliphatic carbocycles. The zero-order chi connectivity index (χ0) is 22.7. The number of ether oxygens (including phenoxy) is 3. The zero-order valence-electron chi connectivity index (χ0n) is 19.3. The molecule has 4 N–H and O–H groups in total. The Morgan fingerprint density at radius 3 is 2.68 bits per heavy atom. The minimum Gasteiger partial charge on any atom is -0.491 e. The Hall–Kier alpha value is -2.32. The number of carbonyl (C=O) groups is 1. The lowest BCUT2D eigenvalue weighted by atomic mass is 9.93. The summed E-state index contributed by atoms with van der Waals surface area (Å²) in [5, 5.41) is 6.58. The number of carbonyl (C=O) groups excluding carboxylic acids is 1. The van der Waals surface area contributed by atoms with Crippen LogP contribution in [0.5, 0.6) is 5.75 Å². The Kier molecular flexibility index (Phi) is 10.1. The van der Waals surface area contributed by atoms with E-state index in [1.807, 2.05) is 38.1 Å². The molecule has 1 aromatic carbocycles. The van der Waals surface area contributed by atoms with Gasteiger partial charge in [0, 0.05) is 25.4 Å². The summed E-state index contributed by atoms with van der Waals surface area (Å²) in [5.41, 5.74) is 5.62. The van der Waals surface area contributed by atoms with Crippen LogP contribution in [0.4, 0.5) is 5.69 Å². The summed E-state index contributed by atoms with van der Waals surface area (Å²) >= 11 is 0. The highest BCUT2D eigenvalue weighted by atomic mass is 16.5. The predicted molar refractivity (Wildman–Crippen MR) is 124 cm³/mol. The topological polar surface area (TPSA) is 107 Å². The highest BCUT2D eigenvalue weighted by molar-refractivity contribution is 5.94. The van der Waals surface area contributed by atoms with E-state index in [4.69, 9.17) is 19.9 Å². The Morgan fingerprint density at radius 1 is 1.32 bits per heavy atom. The third-order valence-corrected chi connectivity index (χ3v) is 4.87. The van der Waals surface area contributed by atoms with E-state index in [-0.39, 0.29) is 24.7 Å². The fraction of sp³-hybridized carbons (Fsp3) is 0.652. The lowest BCUT2D eigenvalue weighted by Crippen LogP contribution is -2.37. The molecule has 1 atom stereocenters. The number of nitrogens with zero attached hydrogens (tertiary/aromatic N) is 1. The molecule has 1 aromatic rings. The van der Waals surface area contributed by atoms with Crippen molar-refractivity contribution in [3.8, 4) is 5.75 Å². The van der Waals surface area contributed by atoms with Gasteiger partial charge in [0.05, 0.1) is 30.8 Å². The monoisotopic (exact) mass is 434 g/mol. The quantitative estimate of drug-likeness (QED) is 0.265. The van der Waals surface area contributed by atoms with Crippen molar-refractivity contribution >= 4 is 17.6 Å². The van der Waals surface area contributed by atoms with Crippen molar-refractivity contribution in [3.05, 3.63) is 24.3 Å². The Bertz CT molecular complexity index is 698. The van der Waals surface area contributed by atoms with Crippen LogP contribution in [0.1, 0.15) is 47.0 Å². The van der Waals surface area contributed by atoms with Gasteiger partial charge in [-0.15, -0.1) is 0 Å². The summed E-state index contributed by atoms with van der Waals surface area (Å²) in [7, 11) is 0. The van der Waals surface area contributed by atoms with Gasteiger partial charge in [-0.05, 0) is 71.2 Å². The van der Waals surface area contributed by atoms with Crippen LogP contribution < -0.4 is 21.1 Å². The highest BCUT2D eigenvalue weighted by Gasteiger charge is 2.24. The lowest BCUT2D eigenvalue weighted by Gasteiger charge is -2.19. The molecule has 0 radical (unpaired) electrons. The number of hydrogen-bond acceptors (Lipinski definition) is 5. The van der Waals surface area contributed by atoms with Crippen molar-refractivity contribution in [1.29, 1.82) is 0 Å². The number of benzene rings is 1. The second-order valence-electron chi connectivity index (χ2n) is 8.72. The molecule has 1 saturated heterocycles. The summed E-state index contributed by atoms with van der Waals surface area (Å²) in [6, 6.07) is 7.68. The maximum absolute atomic E-state index is 11.6. The second-order valence-corrected chi connectivity index (χ2v) is 8.72. The van der Waals surface area contributed by atoms with Crippen LogP contribution in [0.25, 0.3) is 0 Å². The number of amides is 1. The van der Waals surface area contributed by atoms with Crippen molar-refractivity contribution in [2.24, 2.45) is 16.1 Å². The summed E-state index contributed by atoms with van der Waals surface area (Å²) in [6.07, 6.45) is 3.39. The van der Waals surface area contributed by atoms with E-state index in [1.54, 1.807) is 13.8 Å². The van der Waals surface area contributed by atoms with E-state index in [0.29, 0.717) is 25.7 Å². The summed E-state index contributed by atoms with van der Waals surface area (Å²) in [5.74, 6) is 1.02. The second kappa shape index (κ2) is 12.5. The van der Waals surface area contributed by atoms with E-state index >= 15 is 0 Å². The molecule has 1 heterocycles. The van der Waals surface area contributed by atoms with Gasteiger partial charge in [0.25, 0.3) is 0 Å². The zero-order valence-corrected chi connectivity index (χ0v) is 19.3. The van der Waals surface area contributed by atoms with Crippen molar-refractivity contribution in [1.82, 2.24) is 5.32 Å². The van der Waals surface area contributed by atoms with Crippen molar-refractivity contribution < 1.29 is 19.0 Å². The van der Waals surface area contributed by atoms with E-state index in [9.17, 15) is 4.79 Å². The van der Waals surface area contributed by atoms with E-state index in [0.717, 1.165) is 37.3 Å². The standard InChI is InChI=1S/C23H38N4O4/c1-17(2)31-19-10-8-18(9-11-19)27-22(26-16-23(3,4)21(24)28)25-12-6-13-29-15-20-7-5-14-30-20/h8-11,17,20H,5-7,12-16H2,1-4H3,(H2,24,28)(H2,25,26,27). The van der Waals surface area contributed by atoms with E-state index < -0.39 is 5.41 Å². The van der Waals surface area contributed by atoms with Crippen LogP contribution in [0.2, 0.25) is 0 Å². The van der Waals surface area contributed by atoms with Gasteiger partial charge in [-0.1, -0.05) is 0 Å². The normalized spacial score (nSPS) is 17.1. The smallest absolute Gasteiger partial charge is 0.224 e. The third-order valence-electron chi connectivity index (χ3n) is 4.87. The van der Waals surface area contributed by atoms with E-state index in [1.165, 1.54) is 0 Å². The molecule has 1 fully saturated rings. The van der Waals surface area contributed by atoms with Gasteiger partial charge in [-0.2, -0.15) is 0 Å². The number of aliphatic imine (C=N–C) groups is 1. The first-order valence-corrected chi connectivity index (χ1v) is 11.1. The van der Waals surface area contributed by atoms with Crippen LogP contribution in [-0.2, 0) is 14.3 Å². The van der Waals surface area contributed by atoms with Crippen LogP contribution in [-0.4, -0.2) is 57.0 Å². The average molecular weight is 435 g/mol. The number of guanidine groups is 1. The van der Waals surface area contributed by atoms with E-state index in [2.05, 4.69) is 15.6 Å². The SMILES string of the molecule is CC(C)Oc1ccc(NC(=NCC(C)(C)C(N)=O)NCCCOCC2CCCO2)cc1. The van der Waals surface area contributed by atoms with Gasteiger partial charge in [0.15, 0.2) is 5.96 Å². The van der Waals surface area contributed by atoms with Crippen molar-refractivity contribution in [3.63, 3.8) is 0 Å². The number of anilines is 1. The van der Waals surface area contributed by atoms with Crippen LogP contribution in [0.15, 0.2) is 29.3 Å². The number of nitrogens with two attached hydrogens (primary N) is 1. The summed E-state index contributed by atoms with van der Waals surface area (Å²) < 4.78 is 17.0. The van der Waals surface area contributed by atoms with Crippen LogP contribution >= 0.6 is 0 Å². The number of primary amides is 1. The molecular weight excluding hydrogens is 396 g/mol. The molecule has 8 nitrogen and oxygen atoms in total. The van der Waals surface area contributed by atoms with Crippen LogP contribution in [0.3, 0.4) is 0 Å². The summed E-state index contributed by atoms with van der Waals surface area (Å²) in [6.45, 7) is 10.7. The first-order chi connectivity index (χ1) is 14.8. The molecule has 0 saturated carbocycles. The summed E-state index contributed by atoms with van der Waals surface area (Å²) in [4.78, 5) is 16.2. The van der Waals surface area contributed by atoms with Gasteiger partial charge in [0.1, 0.15) is 5.75 Å². The average Bonchev–Trinajstić information content (AvgIpc) is 3.23. The fourth-order valence-corrected chi connectivity index (χ4v) is 2.89. The van der Waals surface area contributed by atoms with Gasteiger partial charge in [0.2, 0.25) is 5.91 Å². The molecule has 2 rings (SSSR count). The third kappa shape index (κ3) is 9.57. The molecule has 174 valence electrons. The van der Waals surface area contributed by atoms with Crippen LogP contribution in [0, 0.1) is 5.41 Å². The number of hydrogen-bond donors (Lipinski definition) is 3. The maximum Gasteiger partial charge on any atom is 0.224 e.